The Hall–Kier alpha value is -2.03. The Labute approximate surface area is 260 Å². The number of hydrogen-bond acceptors (Lipinski definition) is 6. The lowest BCUT2D eigenvalue weighted by Gasteiger charge is -2.35. The summed E-state index contributed by atoms with van der Waals surface area (Å²) in [7, 11) is 0. The van der Waals surface area contributed by atoms with E-state index in [9.17, 15) is 25.2 Å². The molecular weight excluding hydrogens is 542 g/mol. The summed E-state index contributed by atoms with van der Waals surface area (Å²) in [4.78, 5) is 11.1. The molecule has 1 aromatic carbocycles. The van der Waals surface area contributed by atoms with Gasteiger partial charge in [-0.15, -0.1) is 0 Å². The van der Waals surface area contributed by atoms with Crippen molar-refractivity contribution < 1.29 is 30.3 Å². The topological polar surface area (TPSA) is 130 Å². The minimum atomic E-state index is -0.915. The molecule has 6 N–H and O–H groups in total. The molecule has 0 unspecified atom stereocenters. The monoisotopic (exact) mass is 601 g/mol. The quantitative estimate of drug-likeness (QED) is 0.113. The first-order chi connectivity index (χ1) is 20.7. The normalized spacial score (nSPS) is 21.8. The van der Waals surface area contributed by atoms with E-state index in [4.69, 9.17) is 5.11 Å². The number of fused-ring (bicyclic) bond motifs is 1. The lowest BCUT2D eigenvalue weighted by molar-refractivity contribution is -0.137. The SMILES string of the molecule is CCCCC[C@H](O)/C=C/C1=C(\C[C@H](O)CO)[C@H](NC[C@H](C)O)[C@@H](CCCCCC(=O)O)CCc2c(CC)cccc2CC1. The minimum absolute atomic E-state index is 0.137. The average Bonchev–Trinajstić information content (AvgIpc) is 2.98. The summed E-state index contributed by atoms with van der Waals surface area (Å²) in [6.45, 7) is 6.16. The molecule has 0 radical (unpaired) electrons. The fraction of sp³-hybridized carbons (Fsp3) is 0.694. The van der Waals surface area contributed by atoms with Crippen molar-refractivity contribution in [2.45, 2.75) is 141 Å². The molecule has 0 heterocycles. The zero-order chi connectivity index (χ0) is 31.6. The number of unbranched alkanes of at least 4 members (excludes halogenated alkanes) is 4. The molecule has 0 saturated heterocycles. The van der Waals surface area contributed by atoms with Crippen LogP contribution in [-0.4, -0.2) is 69.0 Å². The first kappa shape index (κ1) is 37.2. The molecule has 5 atom stereocenters. The lowest BCUT2D eigenvalue weighted by Crippen LogP contribution is -2.43. The number of aliphatic hydroxyl groups is 4. The van der Waals surface area contributed by atoms with Crippen molar-refractivity contribution in [3.63, 3.8) is 0 Å². The van der Waals surface area contributed by atoms with Crippen LogP contribution in [0.5, 0.6) is 0 Å². The van der Waals surface area contributed by atoms with E-state index in [1.165, 1.54) is 16.7 Å². The van der Waals surface area contributed by atoms with Gasteiger partial charge in [0.05, 0.1) is 24.9 Å². The number of aliphatic carboxylic acids is 1. The molecule has 0 aliphatic heterocycles. The summed E-state index contributed by atoms with van der Waals surface area (Å²) in [6, 6.07) is 6.45. The highest BCUT2D eigenvalue weighted by atomic mass is 16.4. The Morgan fingerprint density at radius 2 is 1.84 bits per heavy atom. The van der Waals surface area contributed by atoms with E-state index in [0.29, 0.717) is 25.8 Å². The maximum Gasteiger partial charge on any atom is 0.303 e. The molecule has 1 aliphatic carbocycles. The van der Waals surface area contributed by atoms with Crippen molar-refractivity contribution in [2.75, 3.05) is 13.2 Å². The second-order valence-corrected chi connectivity index (χ2v) is 12.4. The van der Waals surface area contributed by atoms with Crippen molar-refractivity contribution in [2.24, 2.45) is 5.92 Å². The molecule has 1 aliphatic rings. The van der Waals surface area contributed by atoms with Crippen LogP contribution in [-0.2, 0) is 24.1 Å². The van der Waals surface area contributed by atoms with Gasteiger partial charge in [-0.05, 0) is 98.5 Å². The van der Waals surface area contributed by atoms with Crippen molar-refractivity contribution >= 4 is 5.97 Å². The first-order valence-corrected chi connectivity index (χ1v) is 16.8. The van der Waals surface area contributed by atoms with Gasteiger partial charge in [0.25, 0.3) is 0 Å². The van der Waals surface area contributed by atoms with Crippen LogP contribution in [0.3, 0.4) is 0 Å². The van der Waals surface area contributed by atoms with E-state index in [1.54, 1.807) is 6.92 Å². The largest absolute Gasteiger partial charge is 0.481 e. The fourth-order valence-electron chi connectivity index (χ4n) is 6.44. The number of carbonyl (C=O) groups is 1. The number of carboxylic acid groups (broad SMARTS) is 1. The third kappa shape index (κ3) is 13.7. The van der Waals surface area contributed by atoms with Gasteiger partial charge >= 0.3 is 5.97 Å². The van der Waals surface area contributed by atoms with Crippen LogP contribution >= 0.6 is 0 Å². The van der Waals surface area contributed by atoms with Gasteiger partial charge in [0, 0.05) is 19.0 Å². The molecule has 7 heteroatoms. The maximum atomic E-state index is 11.1. The Kier molecular flexibility index (Phi) is 18.0. The van der Waals surface area contributed by atoms with E-state index in [0.717, 1.165) is 81.8 Å². The highest BCUT2D eigenvalue weighted by molar-refractivity contribution is 5.66. The Morgan fingerprint density at radius 3 is 2.51 bits per heavy atom. The Bertz CT molecular complexity index is 1000. The number of aliphatic hydroxyl groups excluding tert-OH is 4. The van der Waals surface area contributed by atoms with Crippen molar-refractivity contribution in [3.8, 4) is 0 Å². The highest BCUT2D eigenvalue weighted by Gasteiger charge is 2.29. The predicted octanol–water partition coefficient (Wildman–Crippen LogP) is 5.66. The van der Waals surface area contributed by atoms with Gasteiger partial charge in [0.1, 0.15) is 0 Å². The summed E-state index contributed by atoms with van der Waals surface area (Å²) in [5.41, 5.74) is 6.22. The van der Waals surface area contributed by atoms with Crippen molar-refractivity contribution in [3.05, 3.63) is 58.2 Å². The van der Waals surface area contributed by atoms with Crippen LogP contribution in [0.4, 0.5) is 0 Å². The number of allylic oxidation sites excluding steroid dienone is 2. The van der Waals surface area contributed by atoms with E-state index in [-0.39, 0.29) is 25.0 Å². The van der Waals surface area contributed by atoms with Crippen LogP contribution in [0, 0.1) is 5.92 Å². The van der Waals surface area contributed by atoms with Gasteiger partial charge in [-0.2, -0.15) is 0 Å². The van der Waals surface area contributed by atoms with E-state index in [2.05, 4.69) is 37.4 Å². The molecule has 0 spiro atoms. The van der Waals surface area contributed by atoms with Crippen molar-refractivity contribution in [1.82, 2.24) is 5.32 Å². The smallest absolute Gasteiger partial charge is 0.303 e. The molecule has 2 rings (SSSR count). The molecule has 1 aromatic rings. The van der Waals surface area contributed by atoms with Crippen LogP contribution in [0.15, 0.2) is 41.5 Å². The van der Waals surface area contributed by atoms with E-state index in [1.807, 2.05) is 12.2 Å². The van der Waals surface area contributed by atoms with Crippen LogP contribution < -0.4 is 5.32 Å². The Morgan fingerprint density at radius 1 is 1.05 bits per heavy atom. The highest BCUT2D eigenvalue weighted by Crippen LogP contribution is 2.34. The molecule has 0 aromatic heterocycles. The molecule has 0 fully saturated rings. The van der Waals surface area contributed by atoms with Gasteiger partial charge < -0.3 is 30.8 Å². The molecule has 244 valence electrons. The number of hydrogen-bond donors (Lipinski definition) is 6. The fourth-order valence-corrected chi connectivity index (χ4v) is 6.44. The summed E-state index contributed by atoms with van der Waals surface area (Å²) >= 11 is 0. The molecule has 43 heavy (non-hydrogen) atoms. The molecule has 0 bridgehead atoms. The van der Waals surface area contributed by atoms with Crippen molar-refractivity contribution in [1.29, 1.82) is 0 Å². The zero-order valence-corrected chi connectivity index (χ0v) is 26.9. The first-order valence-electron chi connectivity index (χ1n) is 16.8. The second-order valence-electron chi connectivity index (χ2n) is 12.4. The van der Waals surface area contributed by atoms with Gasteiger partial charge in [-0.25, -0.2) is 0 Å². The number of aryl methyl sites for hydroxylation is 2. The van der Waals surface area contributed by atoms with Gasteiger partial charge in [0.2, 0.25) is 0 Å². The molecule has 0 amide bonds. The molecule has 0 saturated carbocycles. The summed E-state index contributed by atoms with van der Waals surface area (Å²) in [5.74, 6) is -0.589. The van der Waals surface area contributed by atoms with Crippen LogP contribution in [0.1, 0.15) is 115 Å². The third-order valence-corrected chi connectivity index (χ3v) is 8.83. The lowest BCUT2D eigenvalue weighted by atomic mass is 9.77. The average molecular weight is 602 g/mol. The molecular formula is C36H59NO6. The van der Waals surface area contributed by atoms with E-state index >= 15 is 0 Å². The zero-order valence-electron chi connectivity index (χ0n) is 26.9. The van der Waals surface area contributed by atoms with Crippen LogP contribution in [0.2, 0.25) is 0 Å². The predicted molar refractivity (Wildman–Crippen MR) is 174 cm³/mol. The number of rotatable bonds is 19. The van der Waals surface area contributed by atoms with E-state index < -0.39 is 24.3 Å². The van der Waals surface area contributed by atoms with Gasteiger partial charge in [0.15, 0.2) is 0 Å². The maximum absolute atomic E-state index is 11.1. The van der Waals surface area contributed by atoms with Gasteiger partial charge in [-0.1, -0.05) is 76.3 Å². The standard InChI is InChI=1S/C36H59NO6/c1-4-6-8-15-31(40)21-19-29-18-17-28-14-11-13-27(5-2)33(28)22-20-30(12-9-7-10-16-35(42)43)36(37-24-26(3)39)34(29)23-32(41)25-38/h11,13-14,19,21,26,30-32,36-41H,4-10,12,15-18,20,22-25H2,1-3H3,(H,42,43)/b21-19+,34-29+/t26-,30-,31-,32-,36+/m0/s1. The summed E-state index contributed by atoms with van der Waals surface area (Å²) in [5, 5.41) is 54.5. The Balaban J connectivity index is 2.61. The van der Waals surface area contributed by atoms with Crippen LogP contribution in [0.25, 0.3) is 0 Å². The second kappa shape index (κ2) is 20.8. The third-order valence-electron chi connectivity index (χ3n) is 8.83. The summed E-state index contributed by atoms with van der Waals surface area (Å²) < 4.78 is 0. The number of nitrogens with one attached hydrogen (secondary N) is 1. The summed E-state index contributed by atoms with van der Waals surface area (Å²) in [6.07, 6.45) is 13.9. The minimum Gasteiger partial charge on any atom is -0.481 e. The number of benzene rings is 1. The molecule has 7 nitrogen and oxygen atoms in total. The number of carboxylic acids is 1. The van der Waals surface area contributed by atoms with Gasteiger partial charge in [-0.3, -0.25) is 4.79 Å².